The number of aryl methyl sites for hydroxylation is 1. The average Bonchev–Trinajstić information content (AvgIpc) is 2.76. The van der Waals surface area contributed by atoms with Crippen molar-refractivity contribution >= 4 is 11.6 Å². The van der Waals surface area contributed by atoms with Gasteiger partial charge < -0.3 is 10.1 Å². The molecular formula is C13H19N5O. The van der Waals surface area contributed by atoms with Crippen LogP contribution in [0.5, 0.6) is 0 Å². The number of hydrogen-bond acceptors (Lipinski definition) is 5. The van der Waals surface area contributed by atoms with Crippen LogP contribution in [0.1, 0.15) is 31.9 Å². The third-order valence-corrected chi connectivity index (χ3v) is 3.47. The molecular weight excluding hydrogens is 242 g/mol. The van der Waals surface area contributed by atoms with E-state index < -0.39 is 0 Å². The Bertz CT molecular complexity index is 545. The molecule has 3 rings (SSSR count). The molecule has 1 fully saturated rings. The SMILES string of the molecule is CCc1cc(NC2CCCOCC2)n2ncnc2n1. The second-order valence-electron chi connectivity index (χ2n) is 4.84. The van der Waals surface area contributed by atoms with Crippen LogP contribution < -0.4 is 5.32 Å². The standard InChI is InChI=1S/C13H19N5O/c1-2-10-8-12(18-13(17-10)14-9-15-18)16-11-4-3-6-19-7-5-11/h8-9,11,16H,2-7H2,1H3. The lowest BCUT2D eigenvalue weighted by Gasteiger charge is -2.17. The van der Waals surface area contributed by atoms with E-state index in [0.717, 1.165) is 50.4 Å². The minimum Gasteiger partial charge on any atom is -0.381 e. The minimum atomic E-state index is 0.432. The maximum absolute atomic E-state index is 5.49. The van der Waals surface area contributed by atoms with Gasteiger partial charge in [0.05, 0.1) is 0 Å². The van der Waals surface area contributed by atoms with Crippen molar-refractivity contribution in [2.45, 2.75) is 38.6 Å². The Kier molecular flexibility index (Phi) is 3.59. The molecule has 0 saturated carbocycles. The Morgan fingerprint density at radius 3 is 3.26 bits per heavy atom. The van der Waals surface area contributed by atoms with Crippen molar-refractivity contribution in [3.05, 3.63) is 18.1 Å². The van der Waals surface area contributed by atoms with Crippen molar-refractivity contribution in [3.63, 3.8) is 0 Å². The summed E-state index contributed by atoms with van der Waals surface area (Å²) in [6.07, 6.45) is 5.69. The van der Waals surface area contributed by atoms with E-state index in [0.29, 0.717) is 11.8 Å². The molecule has 0 aliphatic carbocycles. The highest BCUT2D eigenvalue weighted by molar-refractivity contribution is 5.45. The van der Waals surface area contributed by atoms with E-state index in [-0.39, 0.29) is 0 Å². The van der Waals surface area contributed by atoms with E-state index >= 15 is 0 Å². The van der Waals surface area contributed by atoms with Crippen molar-refractivity contribution in [2.75, 3.05) is 18.5 Å². The number of anilines is 1. The second-order valence-corrected chi connectivity index (χ2v) is 4.84. The molecule has 2 aromatic heterocycles. The average molecular weight is 261 g/mol. The summed E-state index contributed by atoms with van der Waals surface area (Å²) in [5.74, 6) is 1.64. The van der Waals surface area contributed by atoms with Gasteiger partial charge in [0.25, 0.3) is 5.78 Å². The van der Waals surface area contributed by atoms with Gasteiger partial charge >= 0.3 is 0 Å². The largest absolute Gasteiger partial charge is 0.381 e. The highest BCUT2D eigenvalue weighted by Crippen LogP contribution is 2.17. The van der Waals surface area contributed by atoms with Crippen LogP contribution in [0.25, 0.3) is 5.78 Å². The number of hydrogen-bond donors (Lipinski definition) is 1. The summed E-state index contributed by atoms with van der Waals surface area (Å²) in [4.78, 5) is 8.63. The molecule has 6 heteroatoms. The van der Waals surface area contributed by atoms with Crippen LogP contribution in [-0.2, 0) is 11.2 Å². The van der Waals surface area contributed by atoms with E-state index in [1.807, 2.05) is 0 Å². The Hall–Kier alpha value is -1.69. The third-order valence-electron chi connectivity index (χ3n) is 3.47. The predicted octanol–water partition coefficient (Wildman–Crippen LogP) is 1.67. The first kappa shape index (κ1) is 12.3. The third kappa shape index (κ3) is 2.68. The van der Waals surface area contributed by atoms with E-state index in [1.54, 1.807) is 10.8 Å². The fourth-order valence-electron chi connectivity index (χ4n) is 2.40. The maximum atomic E-state index is 5.49. The molecule has 19 heavy (non-hydrogen) atoms. The van der Waals surface area contributed by atoms with Crippen molar-refractivity contribution < 1.29 is 4.74 Å². The summed E-state index contributed by atoms with van der Waals surface area (Å²) < 4.78 is 7.26. The number of nitrogens with one attached hydrogen (secondary N) is 1. The summed E-state index contributed by atoms with van der Waals surface area (Å²) in [6.45, 7) is 3.79. The minimum absolute atomic E-state index is 0.432. The Morgan fingerprint density at radius 1 is 1.42 bits per heavy atom. The van der Waals surface area contributed by atoms with Gasteiger partial charge in [-0.25, -0.2) is 4.98 Å². The topological polar surface area (TPSA) is 64.3 Å². The fraction of sp³-hybridized carbons (Fsp3) is 0.615. The maximum Gasteiger partial charge on any atom is 0.254 e. The molecule has 1 aliphatic heterocycles. The molecule has 0 radical (unpaired) electrons. The molecule has 1 saturated heterocycles. The molecule has 1 aliphatic rings. The molecule has 0 spiro atoms. The van der Waals surface area contributed by atoms with Crippen LogP contribution in [0.3, 0.4) is 0 Å². The van der Waals surface area contributed by atoms with Crippen molar-refractivity contribution in [1.29, 1.82) is 0 Å². The van der Waals surface area contributed by atoms with Gasteiger partial charge in [-0.05, 0) is 25.7 Å². The number of nitrogens with zero attached hydrogens (tertiary/aromatic N) is 4. The van der Waals surface area contributed by atoms with Gasteiger partial charge in [-0.1, -0.05) is 6.92 Å². The van der Waals surface area contributed by atoms with E-state index in [9.17, 15) is 0 Å². The number of aromatic nitrogens is 4. The van der Waals surface area contributed by atoms with Crippen LogP contribution >= 0.6 is 0 Å². The van der Waals surface area contributed by atoms with Crippen LogP contribution in [0, 0.1) is 0 Å². The zero-order valence-electron chi connectivity index (χ0n) is 11.2. The molecule has 1 atom stereocenters. The van der Waals surface area contributed by atoms with Gasteiger partial charge in [-0.2, -0.15) is 14.6 Å². The Morgan fingerprint density at radius 2 is 2.37 bits per heavy atom. The van der Waals surface area contributed by atoms with E-state index in [1.165, 1.54) is 0 Å². The highest BCUT2D eigenvalue weighted by Gasteiger charge is 2.15. The first-order valence-electron chi connectivity index (χ1n) is 6.90. The van der Waals surface area contributed by atoms with Gasteiger partial charge in [-0.15, -0.1) is 0 Å². The smallest absolute Gasteiger partial charge is 0.254 e. The second kappa shape index (κ2) is 5.52. The first-order chi connectivity index (χ1) is 9.36. The normalized spacial score (nSPS) is 20.4. The van der Waals surface area contributed by atoms with Crippen molar-refractivity contribution in [2.24, 2.45) is 0 Å². The van der Waals surface area contributed by atoms with E-state index in [4.69, 9.17) is 4.74 Å². The highest BCUT2D eigenvalue weighted by atomic mass is 16.5. The number of rotatable bonds is 3. The van der Waals surface area contributed by atoms with Crippen LogP contribution in [0.4, 0.5) is 5.82 Å². The molecule has 6 nitrogen and oxygen atoms in total. The van der Waals surface area contributed by atoms with Crippen LogP contribution in [0.2, 0.25) is 0 Å². The molecule has 1 N–H and O–H groups in total. The van der Waals surface area contributed by atoms with Gasteiger partial charge in [0.2, 0.25) is 0 Å². The Labute approximate surface area is 112 Å². The molecule has 0 aromatic carbocycles. The zero-order valence-corrected chi connectivity index (χ0v) is 11.2. The van der Waals surface area contributed by atoms with Gasteiger partial charge in [-0.3, -0.25) is 0 Å². The molecule has 102 valence electrons. The molecule has 0 bridgehead atoms. The lowest BCUT2D eigenvalue weighted by atomic mass is 10.1. The summed E-state index contributed by atoms with van der Waals surface area (Å²) in [5.41, 5.74) is 1.04. The van der Waals surface area contributed by atoms with Gasteiger partial charge in [0.1, 0.15) is 12.1 Å². The van der Waals surface area contributed by atoms with Crippen LogP contribution in [-0.4, -0.2) is 38.8 Å². The molecule has 1 unspecified atom stereocenters. The summed E-state index contributed by atoms with van der Waals surface area (Å²) in [5, 5.41) is 7.80. The van der Waals surface area contributed by atoms with E-state index in [2.05, 4.69) is 33.4 Å². The summed E-state index contributed by atoms with van der Waals surface area (Å²) >= 11 is 0. The number of ether oxygens (including phenoxy) is 1. The molecule has 3 heterocycles. The van der Waals surface area contributed by atoms with Crippen molar-refractivity contribution in [3.8, 4) is 0 Å². The summed E-state index contributed by atoms with van der Waals surface area (Å²) in [7, 11) is 0. The number of fused-ring (bicyclic) bond motifs is 1. The zero-order chi connectivity index (χ0) is 13.1. The predicted molar refractivity (Wildman–Crippen MR) is 72.2 cm³/mol. The van der Waals surface area contributed by atoms with Gasteiger partial charge in [0.15, 0.2) is 0 Å². The molecule has 2 aromatic rings. The summed E-state index contributed by atoms with van der Waals surface area (Å²) in [6, 6.07) is 2.50. The van der Waals surface area contributed by atoms with Crippen LogP contribution in [0.15, 0.2) is 12.4 Å². The van der Waals surface area contributed by atoms with Crippen molar-refractivity contribution in [1.82, 2.24) is 19.6 Å². The fourth-order valence-corrected chi connectivity index (χ4v) is 2.40. The van der Waals surface area contributed by atoms with Gasteiger partial charge in [0, 0.05) is 31.0 Å². The lowest BCUT2D eigenvalue weighted by Crippen LogP contribution is -2.22. The monoisotopic (exact) mass is 261 g/mol. The quantitative estimate of drug-likeness (QED) is 0.910. The Balaban J connectivity index is 1.87. The lowest BCUT2D eigenvalue weighted by molar-refractivity contribution is 0.144. The first-order valence-corrected chi connectivity index (χ1v) is 6.90. The molecule has 0 amide bonds.